The van der Waals surface area contributed by atoms with Crippen LogP contribution in [0.5, 0.6) is 0 Å². The zero-order valence-electron chi connectivity index (χ0n) is 12.0. The molecule has 23 heavy (non-hydrogen) atoms. The maximum atomic E-state index is 12.0. The number of carbonyl (C=O) groups is 1. The van der Waals surface area contributed by atoms with Gasteiger partial charge in [-0.25, -0.2) is 9.97 Å². The number of hydrogen-bond donors (Lipinski definition) is 2. The molecule has 0 aliphatic carbocycles. The summed E-state index contributed by atoms with van der Waals surface area (Å²) in [5, 5.41) is 16.6. The first-order valence-electron chi connectivity index (χ1n) is 6.81. The molecule has 2 N–H and O–H groups in total. The summed E-state index contributed by atoms with van der Waals surface area (Å²) in [5.41, 5.74) is -0.0948. The van der Waals surface area contributed by atoms with Gasteiger partial charge >= 0.3 is 0 Å². The average molecular weight is 336 g/mol. The molecule has 0 spiro atoms. The molecule has 9 heteroatoms. The van der Waals surface area contributed by atoms with E-state index in [1.54, 1.807) is 18.5 Å². The Hall–Kier alpha value is -2.74. The highest BCUT2D eigenvalue weighted by Crippen LogP contribution is 2.21. The Kier molecular flexibility index (Phi) is 5.81. The summed E-state index contributed by atoms with van der Waals surface area (Å²) in [6, 6.07) is 5.47. The fourth-order valence-corrected chi connectivity index (χ4v) is 1.98. The van der Waals surface area contributed by atoms with E-state index < -0.39 is 10.8 Å². The standard InChI is InChI=1S/C14H14ClN5O3/c15-12-4-3-10(20(22)23)9-11(12)13(21)16-5-1-6-17-14-18-7-2-8-19-14/h2-4,7-9H,1,5-6H2,(H,16,21)(H,17,18,19). The normalized spacial score (nSPS) is 10.1. The van der Waals surface area contributed by atoms with Crippen LogP contribution in [-0.4, -0.2) is 33.9 Å². The topological polar surface area (TPSA) is 110 Å². The minimum atomic E-state index is -0.573. The van der Waals surface area contributed by atoms with Gasteiger partial charge in [-0.15, -0.1) is 0 Å². The highest BCUT2D eigenvalue weighted by atomic mass is 35.5. The lowest BCUT2D eigenvalue weighted by Gasteiger charge is -2.07. The lowest BCUT2D eigenvalue weighted by atomic mass is 10.2. The predicted octanol–water partition coefficient (Wildman–Crippen LogP) is 2.27. The molecule has 0 unspecified atom stereocenters. The Morgan fingerprint density at radius 1 is 1.26 bits per heavy atom. The number of halogens is 1. The van der Waals surface area contributed by atoms with Crippen LogP contribution in [0, 0.1) is 10.1 Å². The molecule has 0 saturated carbocycles. The Morgan fingerprint density at radius 3 is 2.70 bits per heavy atom. The van der Waals surface area contributed by atoms with Gasteiger partial charge in [0.05, 0.1) is 15.5 Å². The first-order chi connectivity index (χ1) is 11.1. The number of nitrogens with one attached hydrogen (secondary N) is 2. The Morgan fingerprint density at radius 2 is 2.00 bits per heavy atom. The molecule has 0 fully saturated rings. The van der Waals surface area contributed by atoms with Gasteiger partial charge in [0, 0.05) is 37.6 Å². The van der Waals surface area contributed by atoms with Crippen LogP contribution in [0.2, 0.25) is 5.02 Å². The molecule has 0 aliphatic heterocycles. The number of amides is 1. The SMILES string of the molecule is O=C(NCCCNc1ncccn1)c1cc([N+](=O)[O-])ccc1Cl. The van der Waals surface area contributed by atoms with Crippen molar-refractivity contribution in [3.05, 3.63) is 57.4 Å². The highest BCUT2D eigenvalue weighted by Gasteiger charge is 2.15. The quantitative estimate of drug-likeness (QED) is 0.456. The third-order valence-electron chi connectivity index (χ3n) is 2.89. The number of aromatic nitrogens is 2. The van der Waals surface area contributed by atoms with Crippen molar-refractivity contribution < 1.29 is 9.72 Å². The summed E-state index contributed by atoms with van der Waals surface area (Å²) >= 11 is 5.90. The van der Waals surface area contributed by atoms with Crippen molar-refractivity contribution in [3.8, 4) is 0 Å². The van der Waals surface area contributed by atoms with E-state index >= 15 is 0 Å². The van der Waals surface area contributed by atoms with Crippen LogP contribution in [-0.2, 0) is 0 Å². The first-order valence-corrected chi connectivity index (χ1v) is 7.19. The third-order valence-corrected chi connectivity index (χ3v) is 3.22. The maximum Gasteiger partial charge on any atom is 0.270 e. The van der Waals surface area contributed by atoms with E-state index in [9.17, 15) is 14.9 Å². The minimum Gasteiger partial charge on any atom is -0.354 e. The largest absolute Gasteiger partial charge is 0.354 e. The predicted molar refractivity (Wildman–Crippen MR) is 85.6 cm³/mol. The Balaban J connectivity index is 1.81. The van der Waals surface area contributed by atoms with Gasteiger partial charge in [0.2, 0.25) is 5.95 Å². The van der Waals surface area contributed by atoms with Crippen LogP contribution in [0.3, 0.4) is 0 Å². The van der Waals surface area contributed by atoms with Crippen molar-refractivity contribution in [2.45, 2.75) is 6.42 Å². The second-order valence-corrected chi connectivity index (χ2v) is 4.94. The average Bonchev–Trinajstić information content (AvgIpc) is 2.55. The summed E-state index contributed by atoms with van der Waals surface area (Å²) in [5.74, 6) is 0.0650. The van der Waals surface area contributed by atoms with E-state index in [1.807, 2.05) is 0 Å². The minimum absolute atomic E-state index is 0.0835. The van der Waals surface area contributed by atoms with Crippen LogP contribution in [0.25, 0.3) is 0 Å². The number of nitrogens with zero attached hydrogens (tertiary/aromatic N) is 3. The van der Waals surface area contributed by atoms with Crippen LogP contribution < -0.4 is 10.6 Å². The van der Waals surface area contributed by atoms with Gasteiger partial charge in [0.15, 0.2) is 0 Å². The van der Waals surface area contributed by atoms with E-state index in [0.29, 0.717) is 25.5 Å². The molecule has 0 aliphatic rings. The molecule has 1 aromatic heterocycles. The zero-order valence-corrected chi connectivity index (χ0v) is 12.8. The number of anilines is 1. The number of carbonyl (C=O) groups excluding carboxylic acids is 1. The number of nitro groups is 1. The van der Waals surface area contributed by atoms with Crippen molar-refractivity contribution in [3.63, 3.8) is 0 Å². The second-order valence-electron chi connectivity index (χ2n) is 4.53. The monoisotopic (exact) mass is 335 g/mol. The molecular weight excluding hydrogens is 322 g/mol. The summed E-state index contributed by atoms with van der Waals surface area (Å²) in [7, 11) is 0. The van der Waals surface area contributed by atoms with Gasteiger partial charge < -0.3 is 10.6 Å². The van der Waals surface area contributed by atoms with Crippen molar-refractivity contribution in [1.29, 1.82) is 0 Å². The van der Waals surface area contributed by atoms with Crippen molar-refractivity contribution >= 4 is 29.1 Å². The number of rotatable bonds is 7. The van der Waals surface area contributed by atoms with Crippen LogP contribution in [0.4, 0.5) is 11.6 Å². The molecule has 2 aromatic rings. The molecule has 2 rings (SSSR count). The summed E-state index contributed by atoms with van der Waals surface area (Å²) in [6.07, 6.45) is 3.89. The van der Waals surface area contributed by atoms with Crippen LogP contribution in [0.15, 0.2) is 36.7 Å². The molecule has 1 heterocycles. The van der Waals surface area contributed by atoms with Gasteiger partial charge in [-0.05, 0) is 18.6 Å². The summed E-state index contributed by atoms with van der Waals surface area (Å²) < 4.78 is 0. The van der Waals surface area contributed by atoms with Crippen molar-refractivity contribution in [1.82, 2.24) is 15.3 Å². The Bertz CT molecular complexity index is 696. The highest BCUT2D eigenvalue weighted by molar-refractivity contribution is 6.33. The van der Waals surface area contributed by atoms with Gasteiger partial charge in [-0.3, -0.25) is 14.9 Å². The van der Waals surface area contributed by atoms with E-state index in [0.717, 1.165) is 6.07 Å². The molecule has 0 radical (unpaired) electrons. The van der Waals surface area contributed by atoms with Gasteiger partial charge in [0.25, 0.3) is 11.6 Å². The van der Waals surface area contributed by atoms with Gasteiger partial charge in [0.1, 0.15) is 0 Å². The smallest absolute Gasteiger partial charge is 0.270 e. The first kappa shape index (κ1) is 16.6. The van der Waals surface area contributed by atoms with E-state index in [-0.39, 0.29) is 16.3 Å². The molecule has 0 saturated heterocycles. The molecule has 0 atom stereocenters. The number of nitro benzene ring substituents is 1. The molecule has 1 amide bonds. The fraction of sp³-hybridized carbons (Fsp3) is 0.214. The molecular formula is C14H14ClN5O3. The van der Waals surface area contributed by atoms with E-state index in [1.165, 1.54) is 12.1 Å². The maximum absolute atomic E-state index is 12.0. The molecule has 0 bridgehead atoms. The number of non-ortho nitro benzene ring substituents is 1. The molecule has 120 valence electrons. The van der Waals surface area contributed by atoms with Crippen LogP contribution in [0.1, 0.15) is 16.8 Å². The zero-order chi connectivity index (χ0) is 16.7. The number of hydrogen-bond acceptors (Lipinski definition) is 6. The second kappa shape index (κ2) is 8.04. The number of benzene rings is 1. The lowest BCUT2D eigenvalue weighted by molar-refractivity contribution is -0.384. The molecule has 8 nitrogen and oxygen atoms in total. The summed E-state index contributed by atoms with van der Waals surface area (Å²) in [6.45, 7) is 0.963. The summed E-state index contributed by atoms with van der Waals surface area (Å²) in [4.78, 5) is 30.2. The molecule has 1 aromatic carbocycles. The van der Waals surface area contributed by atoms with Gasteiger partial charge in [-0.1, -0.05) is 11.6 Å². The third kappa shape index (κ3) is 4.89. The van der Waals surface area contributed by atoms with E-state index in [4.69, 9.17) is 11.6 Å². The van der Waals surface area contributed by atoms with Crippen LogP contribution >= 0.6 is 11.6 Å². The van der Waals surface area contributed by atoms with E-state index in [2.05, 4.69) is 20.6 Å². The van der Waals surface area contributed by atoms with Crippen molar-refractivity contribution in [2.24, 2.45) is 0 Å². The Labute approximate surface area is 137 Å². The lowest BCUT2D eigenvalue weighted by Crippen LogP contribution is -2.26. The fourth-order valence-electron chi connectivity index (χ4n) is 1.78. The van der Waals surface area contributed by atoms with Crippen molar-refractivity contribution in [2.75, 3.05) is 18.4 Å². The van der Waals surface area contributed by atoms with Gasteiger partial charge in [-0.2, -0.15) is 0 Å².